The Bertz CT molecular complexity index is 175. The summed E-state index contributed by atoms with van der Waals surface area (Å²) in [5, 5.41) is 8.83. The van der Waals surface area contributed by atoms with Crippen molar-refractivity contribution >= 4 is 40.3 Å². The van der Waals surface area contributed by atoms with E-state index in [0.29, 0.717) is 6.42 Å². The lowest BCUT2D eigenvalue weighted by molar-refractivity contribution is -0.153. The molecule has 0 amide bonds. The maximum atomic E-state index is 10.8. The summed E-state index contributed by atoms with van der Waals surface area (Å²) in [6, 6.07) is 0. The van der Waals surface area contributed by atoms with Crippen molar-refractivity contribution in [3.8, 4) is 0 Å². The molecule has 3 nitrogen and oxygen atoms in total. The Morgan fingerprint density at radius 1 is 2.00 bits per heavy atom. The molecular weight excluding hydrogens is 279 g/mol. The van der Waals surface area contributed by atoms with E-state index in [-0.39, 0.29) is 4.11 Å². The first-order valence-corrected chi connectivity index (χ1v) is 5.53. The van der Waals surface area contributed by atoms with Gasteiger partial charge in [-0.15, -0.1) is 11.8 Å². The van der Waals surface area contributed by atoms with Crippen molar-refractivity contribution < 1.29 is 14.6 Å². The van der Waals surface area contributed by atoms with Gasteiger partial charge in [0.25, 0.3) is 0 Å². The minimum absolute atomic E-state index is 0.0358. The Balaban J connectivity index is 2.70. The highest BCUT2D eigenvalue weighted by molar-refractivity contribution is 14.1. The van der Waals surface area contributed by atoms with Crippen LogP contribution in [0.15, 0.2) is 0 Å². The molecule has 0 bridgehead atoms. The summed E-state index contributed by atoms with van der Waals surface area (Å²) in [5.74, 6) is -0.0927. The number of hydrogen-bond acceptors (Lipinski definition) is 3. The van der Waals surface area contributed by atoms with E-state index in [1.165, 1.54) is 11.8 Å². The molecule has 0 aromatic heterocycles. The van der Waals surface area contributed by atoms with Crippen LogP contribution in [-0.2, 0) is 9.53 Å². The topological polar surface area (TPSA) is 46.5 Å². The molecule has 1 fully saturated rings. The third kappa shape index (κ3) is 1.81. The van der Waals surface area contributed by atoms with Gasteiger partial charge in [-0.3, -0.25) is 0 Å². The summed E-state index contributed by atoms with van der Waals surface area (Å²) in [4.78, 5) is 9.78. The van der Waals surface area contributed by atoms with Gasteiger partial charge in [0, 0.05) is 5.75 Å². The average Bonchev–Trinajstić information content (AvgIpc) is 2.33. The number of carbonyl (C=O) groups is 1. The summed E-state index contributed by atoms with van der Waals surface area (Å²) in [5.41, 5.74) is 0. The van der Waals surface area contributed by atoms with Crippen LogP contribution in [0.1, 0.15) is 13.3 Å². The smallest absolute Gasteiger partial charge is 0.346 e. The molecule has 0 aliphatic carbocycles. The van der Waals surface area contributed by atoms with Gasteiger partial charge in [-0.05, 0) is 6.42 Å². The zero-order valence-electron chi connectivity index (χ0n) is 6.04. The molecule has 64 valence electrons. The van der Waals surface area contributed by atoms with Gasteiger partial charge in [-0.25, -0.2) is 4.79 Å². The summed E-state index contributed by atoms with van der Waals surface area (Å²) in [6.45, 7) is 1.83. The van der Waals surface area contributed by atoms with E-state index < -0.39 is 10.9 Å². The van der Waals surface area contributed by atoms with Gasteiger partial charge in [0.15, 0.2) is 0 Å². The second-order valence-electron chi connectivity index (χ2n) is 2.25. The Morgan fingerprint density at radius 2 is 2.64 bits per heavy atom. The van der Waals surface area contributed by atoms with Crippen LogP contribution >= 0.6 is 34.4 Å². The van der Waals surface area contributed by atoms with Crippen molar-refractivity contribution in [2.75, 3.05) is 5.75 Å². The third-order valence-electron chi connectivity index (χ3n) is 1.56. The maximum Gasteiger partial charge on any atom is 0.346 e. The Hall–Kier alpha value is 0.510. The highest BCUT2D eigenvalue weighted by Gasteiger charge is 2.45. The van der Waals surface area contributed by atoms with Gasteiger partial charge >= 0.3 is 5.97 Å². The largest absolute Gasteiger partial charge is 0.478 e. The maximum absolute atomic E-state index is 10.8. The minimum Gasteiger partial charge on any atom is -0.478 e. The lowest BCUT2D eigenvalue weighted by Crippen LogP contribution is -2.34. The summed E-state index contributed by atoms with van der Waals surface area (Å²) in [7, 11) is 0. The first-order valence-electron chi connectivity index (χ1n) is 3.30. The van der Waals surface area contributed by atoms with Crippen molar-refractivity contribution in [3.05, 3.63) is 0 Å². The lowest BCUT2D eigenvalue weighted by Gasteiger charge is -2.20. The second-order valence-corrected chi connectivity index (χ2v) is 4.92. The average molecular weight is 288 g/mol. The SMILES string of the molecule is CC[C@]1(C(=O)O)O[C@@H](I)CS1. The van der Waals surface area contributed by atoms with Crippen LogP contribution in [0.5, 0.6) is 0 Å². The lowest BCUT2D eigenvalue weighted by atomic mass is 10.3. The monoisotopic (exact) mass is 288 g/mol. The quantitative estimate of drug-likeness (QED) is 0.620. The normalized spacial score (nSPS) is 37.5. The minimum atomic E-state index is -0.966. The summed E-state index contributed by atoms with van der Waals surface area (Å²) < 4.78 is 5.35. The third-order valence-corrected chi connectivity index (χ3v) is 4.34. The first-order chi connectivity index (χ1) is 5.10. The Morgan fingerprint density at radius 3 is 2.82 bits per heavy atom. The molecule has 11 heavy (non-hydrogen) atoms. The highest BCUT2D eigenvalue weighted by Crippen LogP contribution is 2.41. The van der Waals surface area contributed by atoms with Gasteiger partial charge < -0.3 is 9.84 Å². The standard InChI is InChI=1S/C6H9IO3S/c1-2-6(5(8)9)10-4(7)3-11-6/h4H,2-3H2,1H3,(H,8,9)/t4-,6+/m1/s1. The second kappa shape index (κ2) is 3.49. The molecule has 1 saturated heterocycles. The van der Waals surface area contributed by atoms with E-state index in [1.807, 2.05) is 6.92 Å². The summed E-state index contributed by atoms with van der Waals surface area (Å²) >= 11 is 3.48. The molecule has 1 aliphatic heterocycles. The van der Waals surface area contributed by atoms with Crippen LogP contribution < -0.4 is 0 Å². The fourth-order valence-electron chi connectivity index (χ4n) is 0.924. The van der Waals surface area contributed by atoms with Crippen molar-refractivity contribution in [1.82, 2.24) is 0 Å². The van der Waals surface area contributed by atoms with E-state index >= 15 is 0 Å². The molecule has 0 aromatic carbocycles. The number of alkyl halides is 1. The van der Waals surface area contributed by atoms with Gasteiger partial charge in [0.05, 0.1) is 0 Å². The van der Waals surface area contributed by atoms with E-state index in [4.69, 9.17) is 9.84 Å². The van der Waals surface area contributed by atoms with Crippen LogP contribution in [0, 0.1) is 0 Å². The highest BCUT2D eigenvalue weighted by atomic mass is 127. The number of carboxylic acids is 1. The van der Waals surface area contributed by atoms with Crippen molar-refractivity contribution in [1.29, 1.82) is 0 Å². The number of hydrogen-bond donors (Lipinski definition) is 1. The Labute approximate surface area is 83.0 Å². The molecule has 0 unspecified atom stereocenters. The number of halogens is 1. The van der Waals surface area contributed by atoms with Gasteiger partial charge in [-0.1, -0.05) is 29.5 Å². The van der Waals surface area contributed by atoms with E-state index in [2.05, 4.69) is 22.6 Å². The van der Waals surface area contributed by atoms with E-state index in [9.17, 15) is 4.79 Å². The Kier molecular flexibility index (Phi) is 3.04. The van der Waals surface area contributed by atoms with Crippen LogP contribution in [0.2, 0.25) is 0 Å². The molecule has 0 spiro atoms. The predicted molar refractivity (Wildman–Crippen MR) is 52.0 cm³/mol. The van der Waals surface area contributed by atoms with Crippen LogP contribution in [0.25, 0.3) is 0 Å². The molecule has 5 heteroatoms. The first kappa shape index (κ1) is 9.60. The number of ether oxygens (including phenoxy) is 1. The van der Waals surface area contributed by atoms with E-state index in [0.717, 1.165) is 5.75 Å². The van der Waals surface area contributed by atoms with Crippen LogP contribution in [0.4, 0.5) is 0 Å². The molecular formula is C6H9IO3S. The number of carboxylic acid groups (broad SMARTS) is 1. The fraction of sp³-hybridized carbons (Fsp3) is 0.833. The van der Waals surface area contributed by atoms with Gasteiger partial charge in [0.2, 0.25) is 4.93 Å². The molecule has 1 heterocycles. The zero-order chi connectivity index (χ0) is 8.48. The molecule has 0 saturated carbocycles. The number of thioether (sulfide) groups is 1. The van der Waals surface area contributed by atoms with E-state index in [1.54, 1.807) is 0 Å². The molecule has 1 N–H and O–H groups in total. The molecule has 0 radical (unpaired) electrons. The van der Waals surface area contributed by atoms with Gasteiger partial charge in [0.1, 0.15) is 4.11 Å². The number of aliphatic carboxylic acids is 1. The van der Waals surface area contributed by atoms with Crippen molar-refractivity contribution in [3.63, 3.8) is 0 Å². The molecule has 1 aliphatic rings. The van der Waals surface area contributed by atoms with Crippen LogP contribution in [-0.4, -0.2) is 25.9 Å². The number of rotatable bonds is 2. The zero-order valence-corrected chi connectivity index (χ0v) is 9.02. The van der Waals surface area contributed by atoms with Crippen LogP contribution in [0.3, 0.4) is 0 Å². The molecule has 0 aromatic rings. The summed E-state index contributed by atoms with van der Waals surface area (Å²) in [6.07, 6.45) is 0.520. The van der Waals surface area contributed by atoms with Crippen molar-refractivity contribution in [2.24, 2.45) is 0 Å². The van der Waals surface area contributed by atoms with Crippen molar-refractivity contribution in [2.45, 2.75) is 22.4 Å². The van der Waals surface area contributed by atoms with Gasteiger partial charge in [-0.2, -0.15) is 0 Å². The molecule has 2 atom stereocenters. The fourth-order valence-corrected chi connectivity index (χ4v) is 3.05. The predicted octanol–water partition coefficient (Wildman–Crippen LogP) is 1.70. The molecule has 1 rings (SSSR count).